The third kappa shape index (κ3) is 4.06. The molecule has 0 aliphatic heterocycles. The van der Waals surface area contributed by atoms with E-state index in [-0.39, 0.29) is 18.1 Å². The van der Waals surface area contributed by atoms with E-state index in [0.717, 1.165) is 16.7 Å². The van der Waals surface area contributed by atoms with Gasteiger partial charge in [0.15, 0.2) is 0 Å². The fraction of sp³-hybridized carbons (Fsp3) is 0.562. The predicted octanol–water partition coefficient (Wildman–Crippen LogP) is 3.21. The van der Waals surface area contributed by atoms with Crippen molar-refractivity contribution < 1.29 is 9.53 Å². The maximum absolute atomic E-state index is 12.2. The maximum atomic E-state index is 12.2. The predicted molar refractivity (Wildman–Crippen MR) is 78.3 cm³/mol. The molecule has 0 aliphatic carbocycles. The molecular weight excluding hydrogens is 238 g/mol. The molecule has 0 bridgehead atoms. The second-order valence-corrected chi connectivity index (χ2v) is 5.32. The van der Waals surface area contributed by atoms with Gasteiger partial charge in [-0.25, -0.2) is 4.79 Å². The van der Waals surface area contributed by atoms with Gasteiger partial charge in [-0.1, -0.05) is 17.7 Å². The lowest BCUT2D eigenvalue weighted by molar-refractivity contribution is -0.146. The highest BCUT2D eigenvalue weighted by atomic mass is 16.5. The fourth-order valence-electron chi connectivity index (χ4n) is 2.47. The molecule has 19 heavy (non-hydrogen) atoms. The van der Waals surface area contributed by atoms with Gasteiger partial charge in [-0.15, -0.1) is 0 Å². The van der Waals surface area contributed by atoms with Gasteiger partial charge in [0.2, 0.25) is 0 Å². The first-order valence-corrected chi connectivity index (χ1v) is 6.87. The van der Waals surface area contributed by atoms with Gasteiger partial charge in [0, 0.05) is 6.04 Å². The molecule has 0 spiro atoms. The van der Waals surface area contributed by atoms with Gasteiger partial charge < -0.3 is 4.74 Å². The topological polar surface area (TPSA) is 38.3 Å². The Morgan fingerprint density at radius 1 is 1.21 bits per heavy atom. The van der Waals surface area contributed by atoms with Gasteiger partial charge >= 0.3 is 5.97 Å². The molecule has 1 aromatic rings. The highest BCUT2D eigenvalue weighted by Gasteiger charge is 2.25. The van der Waals surface area contributed by atoms with Crippen LogP contribution in [0.3, 0.4) is 0 Å². The molecule has 0 aromatic heterocycles. The van der Waals surface area contributed by atoms with Gasteiger partial charge in [0.05, 0.1) is 6.61 Å². The number of nitrogens with one attached hydrogen (secondary N) is 1. The summed E-state index contributed by atoms with van der Waals surface area (Å²) in [5.74, 6) is -0.203. The molecule has 1 rings (SSSR count). The first-order valence-electron chi connectivity index (χ1n) is 6.87. The van der Waals surface area contributed by atoms with Crippen LogP contribution in [-0.2, 0) is 9.53 Å². The molecule has 0 fully saturated rings. The molecule has 0 aliphatic rings. The minimum Gasteiger partial charge on any atom is -0.465 e. The minimum atomic E-state index is -0.388. The number of hydrogen-bond acceptors (Lipinski definition) is 3. The zero-order valence-electron chi connectivity index (χ0n) is 12.8. The fourth-order valence-corrected chi connectivity index (χ4v) is 2.47. The zero-order chi connectivity index (χ0) is 14.6. The molecule has 1 atom stereocenters. The molecule has 0 amide bonds. The van der Waals surface area contributed by atoms with Crippen molar-refractivity contribution in [3.05, 3.63) is 34.4 Å². The van der Waals surface area contributed by atoms with E-state index in [1.807, 2.05) is 34.6 Å². The van der Waals surface area contributed by atoms with Gasteiger partial charge in [-0.3, -0.25) is 5.32 Å². The number of carbonyl (C=O) groups excluding carboxylic acids is 1. The molecule has 0 heterocycles. The molecule has 1 aromatic carbocycles. The highest BCUT2D eigenvalue weighted by molar-refractivity contribution is 5.79. The number of benzene rings is 1. The Bertz CT molecular complexity index is 429. The molecule has 3 heteroatoms. The van der Waals surface area contributed by atoms with Crippen LogP contribution < -0.4 is 5.32 Å². The van der Waals surface area contributed by atoms with E-state index < -0.39 is 0 Å². The minimum absolute atomic E-state index is 0.203. The first-order chi connectivity index (χ1) is 8.86. The molecule has 0 saturated carbocycles. The van der Waals surface area contributed by atoms with Crippen molar-refractivity contribution in [1.29, 1.82) is 0 Å². The molecule has 1 N–H and O–H groups in total. The Hall–Kier alpha value is -1.35. The van der Waals surface area contributed by atoms with Crippen molar-refractivity contribution in [2.75, 3.05) is 6.61 Å². The van der Waals surface area contributed by atoms with Crippen LogP contribution in [0.1, 0.15) is 49.1 Å². The summed E-state index contributed by atoms with van der Waals surface area (Å²) in [5.41, 5.74) is 4.51. The average molecular weight is 263 g/mol. The summed E-state index contributed by atoms with van der Waals surface area (Å²) in [6.07, 6.45) is 0. The summed E-state index contributed by atoms with van der Waals surface area (Å²) in [6.45, 7) is 12.5. The quantitative estimate of drug-likeness (QED) is 0.829. The van der Waals surface area contributed by atoms with Crippen LogP contribution in [0.25, 0.3) is 0 Å². The van der Waals surface area contributed by atoms with E-state index in [9.17, 15) is 4.79 Å². The second kappa shape index (κ2) is 6.71. The molecule has 106 valence electrons. The van der Waals surface area contributed by atoms with Crippen molar-refractivity contribution in [2.45, 2.75) is 53.6 Å². The third-order valence-corrected chi connectivity index (χ3v) is 3.05. The summed E-state index contributed by atoms with van der Waals surface area (Å²) in [4.78, 5) is 12.2. The van der Waals surface area contributed by atoms with Gasteiger partial charge in [0.1, 0.15) is 6.04 Å². The van der Waals surface area contributed by atoms with E-state index >= 15 is 0 Å². The second-order valence-electron chi connectivity index (χ2n) is 5.32. The van der Waals surface area contributed by atoms with Gasteiger partial charge in [-0.2, -0.15) is 0 Å². The Labute approximate surface area is 116 Å². The molecule has 0 saturated heterocycles. The van der Waals surface area contributed by atoms with Crippen molar-refractivity contribution in [3.8, 4) is 0 Å². The van der Waals surface area contributed by atoms with E-state index in [0.29, 0.717) is 6.61 Å². The lowest BCUT2D eigenvalue weighted by Gasteiger charge is -2.23. The first kappa shape index (κ1) is 15.7. The van der Waals surface area contributed by atoms with Crippen LogP contribution >= 0.6 is 0 Å². The van der Waals surface area contributed by atoms with E-state index in [1.54, 1.807) is 0 Å². The molecule has 3 nitrogen and oxygen atoms in total. The smallest absolute Gasteiger partial charge is 0.327 e. The Kier molecular flexibility index (Phi) is 5.55. The number of ether oxygens (including phenoxy) is 1. The van der Waals surface area contributed by atoms with Crippen LogP contribution in [0.5, 0.6) is 0 Å². The standard InChI is InChI=1S/C16H25NO2/c1-7-19-16(18)15(17-10(2)3)14-12(5)8-11(4)9-13(14)6/h8-10,15,17H,7H2,1-6H3. The summed E-state index contributed by atoms with van der Waals surface area (Å²) < 4.78 is 5.20. The SMILES string of the molecule is CCOC(=O)C(NC(C)C)c1c(C)cc(C)cc1C. The van der Waals surface area contributed by atoms with Crippen LogP contribution in [0.2, 0.25) is 0 Å². The van der Waals surface area contributed by atoms with Crippen LogP contribution in [-0.4, -0.2) is 18.6 Å². The molecular formula is C16H25NO2. The zero-order valence-corrected chi connectivity index (χ0v) is 12.8. The number of carbonyl (C=O) groups is 1. The number of esters is 1. The van der Waals surface area contributed by atoms with E-state index in [2.05, 4.69) is 24.4 Å². The summed E-state index contributed by atoms with van der Waals surface area (Å²) in [7, 11) is 0. The van der Waals surface area contributed by atoms with Crippen molar-refractivity contribution in [3.63, 3.8) is 0 Å². The summed E-state index contributed by atoms with van der Waals surface area (Å²) in [5, 5.41) is 3.31. The van der Waals surface area contributed by atoms with Crippen molar-refractivity contribution in [2.24, 2.45) is 0 Å². The Morgan fingerprint density at radius 3 is 2.16 bits per heavy atom. The van der Waals surface area contributed by atoms with Crippen molar-refractivity contribution >= 4 is 5.97 Å². The van der Waals surface area contributed by atoms with Crippen LogP contribution in [0.15, 0.2) is 12.1 Å². The van der Waals surface area contributed by atoms with Gasteiger partial charge in [0.25, 0.3) is 0 Å². The normalized spacial score (nSPS) is 12.6. The lowest BCUT2D eigenvalue weighted by atomic mass is 9.93. The number of aryl methyl sites for hydroxylation is 3. The Balaban J connectivity index is 3.20. The van der Waals surface area contributed by atoms with Crippen LogP contribution in [0.4, 0.5) is 0 Å². The van der Waals surface area contributed by atoms with Crippen molar-refractivity contribution in [1.82, 2.24) is 5.32 Å². The van der Waals surface area contributed by atoms with E-state index in [1.165, 1.54) is 5.56 Å². The monoisotopic (exact) mass is 263 g/mol. The largest absolute Gasteiger partial charge is 0.465 e. The lowest BCUT2D eigenvalue weighted by Crippen LogP contribution is -2.35. The maximum Gasteiger partial charge on any atom is 0.327 e. The summed E-state index contributed by atoms with van der Waals surface area (Å²) in [6, 6.07) is 4.04. The van der Waals surface area contributed by atoms with E-state index in [4.69, 9.17) is 4.74 Å². The number of hydrogen-bond donors (Lipinski definition) is 1. The summed E-state index contributed by atoms with van der Waals surface area (Å²) >= 11 is 0. The molecule has 1 unspecified atom stereocenters. The Morgan fingerprint density at radius 2 is 1.74 bits per heavy atom. The average Bonchev–Trinajstić information content (AvgIpc) is 2.26. The highest BCUT2D eigenvalue weighted by Crippen LogP contribution is 2.25. The third-order valence-electron chi connectivity index (χ3n) is 3.05. The molecule has 0 radical (unpaired) electrons. The number of rotatable bonds is 5. The van der Waals surface area contributed by atoms with Crippen LogP contribution in [0, 0.1) is 20.8 Å². The van der Waals surface area contributed by atoms with Gasteiger partial charge in [-0.05, 0) is 58.2 Å².